The lowest BCUT2D eigenvalue weighted by Crippen LogP contribution is -2.38. The Kier molecular flexibility index (Phi) is 2.59. The lowest BCUT2D eigenvalue weighted by atomic mass is 10.1. The number of phenolic OH excluding ortho intramolecular Hbond substituents is 1. The van der Waals surface area contributed by atoms with E-state index < -0.39 is 0 Å². The van der Waals surface area contributed by atoms with Crippen LogP contribution in [0.3, 0.4) is 0 Å². The van der Waals surface area contributed by atoms with Gasteiger partial charge in [-0.3, -0.25) is 0 Å². The molecule has 0 spiro atoms. The summed E-state index contributed by atoms with van der Waals surface area (Å²) in [6.07, 6.45) is 1.72. The molecule has 76 valence electrons. The SMILES string of the molecule is Oc1ccc(N2CCCC(O)C2)cc1. The van der Waals surface area contributed by atoms with Gasteiger partial charge in [0.1, 0.15) is 5.75 Å². The molecule has 2 rings (SSSR count). The number of nitrogens with zero attached hydrogens (tertiary/aromatic N) is 1. The summed E-state index contributed by atoms with van der Waals surface area (Å²) in [7, 11) is 0. The van der Waals surface area contributed by atoms with Crippen molar-refractivity contribution < 1.29 is 10.2 Å². The van der Waals surface area contributed by atoms with E-state index in [0.29, 0.717) is 6.54 Å². The molecule has 3 nitrogen and oxygen atoms in total. The number of aromatic hydroxyl groups is 1. The molecule has 0 amide bonds. The van der Waals surface area contributed by atoms with Gasteiger partial charge < -0.3 is 15.1 Å². The van der Waals surface area contributed by atoms with Gasteiger partial charge in [0.05, 0.1) is 6.10 Å². The minimum absolute atomic E-state index is 0.211. The maximum Gasteiger partial charge on any atom is 0.115 e. The van der Waals surface area contributed by atoms with Crippen LogP contribution < -0.4 is 4.90 Å². The van der Waals surface area contributed by atoms with E-state index in [1.54, 1.807) is 12.1 Å². The summed E-state index contributed by atoms with van der Waals surface area (Å²) >= 11 is 0. The predicted octanol–water partition coefficient (Wildman–Crippen LogP) is 1.35. The summed E-state index contributed by atoms with van der Waals surface area (Å²) in [6.45, 7) is 1.69. The summed E-state index contributed by atoms with van der Waals surface area (Å²) in [6, 6.07) is 7.12. The molecule has 1 saturated heterocycles. The highest BCUT2D eigenvalue weighted by atomic mass is 16.3. The van der Waals surface area contributed by atoms with Crippen LogP contribution in [0, 0.1) is 0 Å². The van der Waals surface area contributed by atoms with E-state index >= 15 is 0 Å². The van der Waals surface area contributed by atoms with E-state index in [4.69, 9.17) is 5.11 Å². The first kappa shape index (κ1) is 9.34. The maximum atomic E-state index is 9.50. The molecular formula is C11H15NO2. The topological polar surface area (TPSA) is 43.7 Å². The minimum atomic E-state index is -0.211. The molecule has 1 aromatic carbocycles. The van der Waals surface area contributed by atoms with Crippen LogP contribution in [0.2, 0.25) is 0 Å². The molecule has 0 aliphatic carbocycles. The van der Waals surface area contributed by atoms with Gasteiger partial charge >= 0.3 is 0 Å². The number of piperidine rings is 1. The quantitative estimate of drug-likeness (QED) is 0.707. The van der Waals surface area contributed by atoms with Gasteiger partial charge in [0.25, 0.3) is 0 Å². The molecule has 1 heterocycles. The second-order valence-corrected chi connectivity index (χ2v) is 3.76. The summed E-state index contributed by atoms with van der Waals surface area (Å²) in [5.41, 5.74) is 1.07. The van der Waals surface area contributed by atoms with Gasteiger partial charge in [-0.05, 0) is 37.1 Å². The molecule has 1 unspecified atom stereocenters. The van der Waals surface area contributed by atoms with Gasteiger partial charge in [0.15, 0.2) is 0 Å². The van der Waals surface area contributed by atoms with E-state index in [-0.39, 0.29) is 11.9 Å². The van der Waals surface area contributed by atoms with Crippen molar-refractivity contribution in [3.8, 4) is 5.75 Å². The average Bonchev–Trinajstić information content (AvgIpc) is 2.19. The van der Waals surface area contributed by atoms with Crippen LogP contribution in [0.25, 0.3) is 0 Å². The molecule has 0 bridgehead atoms. The minimum Gasteiger partial charge on any atom is -0.508 e. The van der Waals surface area contributed by atoms with Crippen LogP contribution in [-0.2, 0) is 0 Å². The fourth-order valence-electron chi connectivity index (χ4n) is 1.85. The molecule has 14 heavy (non-hydrogen) atoms. The zero-order valence-corrected chi connectivity index (χ0v) is 8.06. The highest BCUT2D eigenvalue weighted by Crippen LogP contribution is 2.22. The van der Waals surface area contributed by atoms with Gasteiger partial charge in [0.2, 0.25) is 0 Å². The highest BCUT2D eigenvalue weighted by Gasteiger charge is 2.17. The maximum absolute atomic E-state index is 9.50. The third kappa shape index (κ3) is 1.99. The van der Waals surface area contributed by atoms with Crippen LogP contribution in [0.5, 0.6) is 5.75 Å². The number of rotatable bonds is 1. The van der Waals surface area contributed by atoms with E-state index in [2.05, 4.69) is 4.90 Å². The summed E-state index contributed by atoms with van der Waals surface area (Å²) in [4.78, 5) is 2.15. The monoisotopic (exact) mass is 193 g/mol. The van der Waals surface area contributed by atoms with Crippen molar-refractivity contribution in [1.29, 1.82) is 0 Å². The average molecular weight is 193 g/mol. The Balaban J connectivity index is 2.10. The van der Waals surface area contributed by atoms with Gasteiger partial charge in [0, 0.05) is 18.8 Å². The van der Waals surface area contributed by atoms with Gasteiger partial charge in [-0.15, -0.1) is 0 Å². The number of anilines is 1. The number of β-amino-alcohol motifs (C(OH)–C–C–N with tert-alkyl or cyclic N) is 1. The molecule has 1 aromatic rings. The Morgan fingerprint density at radius 3 is 2.57 bits per heavy atom. The molecule has 0 saturated carbocycles. The molecule has 1 fully saturated rings. The first-order chi connectivity index (χ1) is 6.75. The van der Waals surface area contributed by atoms with Crippen LogP contribution in [-0.4, -0.2) is 29.4 Å². The highest BCUT2D eigenvalue weighted by molar-refractivity contribution is 5.49. The van der Waals surface area contributed by atoms with Gasteiger partial charge in [-0.1, -0.05) is 0 Å². The summed E-state index contributed by atoms with van der Waals surface area (Å²) < 4.78 is 0. The van der Waals surface area contributed by atoms with Crippen molar-refractivity contribution in [3.05, 3.63) is 24.3 Å². The molecule has 1 aliphatic rings. The number of aliphatic hydroxyl groups is 1. The fraction of sp³-hybridized carbons (Fsp3) is 0.455. The second-order valence-electron chi connectivity index (χ2n) is 3.76. The molecule has 2 N–H and O–H groups in total. The van der Waals surface area contributed by atoms with Gasteiger partial charge in [-0.2, -0.15) is 0 Å². The summed E-state index contributed by atoms with van der Waals surface area (Å²) in [5.74, 6) is 0.284. The molecule has 0 radical (unpaired) electrons. The molecule has 0 aromatic heterocycles. The van der Waals surface area contributed by atoms with E-state index in [1.807, 2.05) is 12.1 Å². The van der Waals surface area contributed by atoms with Crippen molar-refractivity contribution in [1.82, 2.24) is 0 Å². The Hall–Kier alpha value is -1.22. The van der Waals surface area contributed by atoms with Crippen molar-refractivity contribution in [2.45, 2.75) is 18.9 Å². The van der Waals surface area contributed by atoms with Crippen LogP contribution in [0.1, 0.15) is 12.8 Å². The Bertz CT molecular complexity index is 297. The Morgan fingerprint density at radius 2 is 1.93 bits per heavy atom. The van der Waals surface area contributed by atoms with Crippen molar-refractivity contribution in [3.63, 3.8) is 0 Å². The zero-order valence-electron chi connectivity index (χ0n) is 8.06. The number of phenols is 1. The zero-order chi connectivity index (χ0) is 9.97. The van der Waals surface area contributed by atoms with Crippen molar-refractivity contribution in [2.24, 2.45) is 0 Å². The number of aliphatic hydroxyl groups excluding tert-OH is 1. The van der Waals surface area contributed by atoms with Crippen LogP contribution in [0.4, 0.5) is 5.69 Å². The number of hydrogen-bond donors (Lipinski definition) is 2. The molecule has 1 atom stereocenters. The standard InChI is InChI=1S/C11H15NO2/c13-10-5-3-9(4-6-10)12-7-1-2-11(14)8-12/h3-6,11,13-14H,1-2,7-8H2. The summed E-state index contributed by atoms with van der Waals surface area (Å²) in [5, 5.41) is 18.6. The van der Waals surface area contributed by atoms with Crippen LogP contribution >= 0.6 is 0 Å². The number of hydrogen-bond acceptors (Lipinski definition) is 3. The Morgan fingerprint density at radius 1 is 1.21 bits per heavy atom. The lowest BCUT2D eigenvalue weighted by Gasteiger charge is -2.31. The first-order valence-electron chi connectivity index (χ1n) is 4.98. The molecule has 1 aliphatic heterocycles. The Labute approximate surface area is 83.6 Å². The largest absolute Gasteiger partial charge is 0.508 e. The van der Waals surface area contributed by atoms with E-state index in [9.17, 15) is 5.11 Å². The van der Waals surface area contributed by atoms with E-state index in [0.717, 1.165) is 25.1 Å². The molecule has 3 heteroatoms. The van der Waals surface area contributed by atoms with Crippen molar-refractivity contribution >= 4 is 5.69 Å². The predicted molar refractivity (Wildman–Crippen MR) is 55.6 cm³/mol. The van der Waals surface area contributed by atoms with Crippen LogP contribution in [0.15, 0.2) is 24.3 Å². The second kappa shape index (κ2) is 3.88. The normalized spacial score (nSPS) is 22.4. The fourth-order valence-corrected chi connectivity index (χ4v) is 1.85. The number of benzene rings is 1. The smallest absolute Gasteiger partial charge is 0.115 e. The first-order valence-corrected chi connectivity index (χ1v) is 4.98. The van der Waals surface area contributed by atoms with Crippen molar-refractivity contribution in [2.75, 3.05) is 18.0 Å². The lowest BCUT2D eigenvalue weighted by molar-refractivity contribution is 0.154. The third-order valence-corrected chi connectivity index (χ3v) is 2.61. The molecular weight excluding hydrogens is 178 g/mol. The van der Waals surface area contributed by atoms with Gasteiger partial charge in [-0.25, -0.2) is 0 Å². The third-order valence-electron chi connectivity index (χ3n) is 2.61. The van der Waals surface area contributed by atoms with E-state index in [1.165, 1.54) is 0 Å².